The first kappa shape index (κ1) is 19.6. The summed E-state index contributed by atoms with van der Waals surface area (Å²) in [5, 5.41) is 5.38. The highest BCUT2D eigenvalue weighted by Gasteiger charge is 2.11. The van der Waals surface area contributed by atoms with E-state index in [1.807, 2.05) is 31.2 Å². The molecule has 3 rings (SSSR count). The van der Waals surface area contributed by atoms with Gasteiger partial charge in [-0.3, -0.25) is 9.59 Å². The van der Waals surface area contributed by atoms with Gasteiger partial charge in [0.05, 0.1) is 11.4 Å². The number of aryl methyl sites for hydroxylation is 1. The van der Waals surface area contributed by atoms with Crippen molar-refractivity contribution in [2.24, 2.45) is 0 Å². The molecule has 4 nitrogen and oxygen atoms in total. The fourth-order valence-electron chi connectivity index (χ4n) is 2.70. The molecule has 0 radical (unpaired) electrons. The minimum atomic E-state index is -0.557. The third kappa shape index (κ3) is 4.96. The molecule has 2 amide bonds. The van der Waals surface area contributed by atoms with E-state index in [4.69, 9.17) is 11.6 Å². The molecule has 6 heteroatoms. The van der Waals surface area contributed by atoms with Crippen LogP contribution in [0.1, 0.15) is 21.5 Å². The van der Waals surface area contributed by atoms with Crippen LogP contribution in [0.25, 0.3) is 0 Å². The second-order valence-corrected chi connectivity index (χ2v) is 6.72. The Morgan fingerprint density at radius 2 is 1.68 bits per heavy atom. The summed E-state index contributed by atoms with van der Waals surface area (Å²) >= 11 is 5.73. The van der Waals surface area contributed by atoms with Crippen LogP contribution in [-0.2, 0) is 11.2 Å². The van der Waals surface area contributed by atoms with E-state index < -0.39 is 11.7 Å². The zero-order valence-corrected chi connectivity index (χ0v) is 15.9. The molecule has 0 spiro atoms. The zero-order valence-electron chi connectivity index (χ0n) is 15.1. The Morgan fingerprint density at radius 1 is 0.929 bits per heavy atom. The molecule has 0 saturated carbocycles. The van der Waals surface area contributed by atoms with Gasteiger partial charge in [0.15, 0.2) is 0 Å². The Bertz CT molecular complexity index is 1040. The first-order chi connectivity index (χ1) is 13.4. The fourth-order valence-corrected chi connectivity index (χ4v) is 2.88. The standard InChI is InChI=1S/C22H18ClFN2O2/c1-14-5-2-3-6-15(14)12-21(27)25-17-8-4-7-16(11-17)22(28)26-18-9-10-20(24)19(23)13-18/h2-11,13H,12H2,1H3,(H,25,27)(H,26,28). The molecule has 0 bridgehead atoms. The number of carbonyl (C=O) groups is 2. The molecule has 3 aromatic rings. The Kier molecular flexibility index (Phi) is 6.06. The Labute approximate surface area is 167 Å². The largest absolute Gasteiger partial charge is 0.326 e. The predicted octanol–water partition coefficient (Wildman–Crippen LogP) is 5.22. The van der Waals surface area contributed by atoms with Crippen LogP contribution in [0.5, 0.6) is 0 Å². The zero-order chi connectivity index (χ0) is 20.1. The van der Waals surface area contributed by atoms with E-state index >= 15 is 0 Å². The normalized spacial score (nSPS) is 10.4. The van der Waals surface area contributed by atoms with E-state index in [1.165, 1.54) is 18.2 Å². The molecule has 0 aliphatic rings. The molecule has 2 N–H and O–H groups in total. The fraction of sp³-hybridized carbons (Fsp3) is 0.0909. The molecule has 0 heterocycles. The van der Waals surface area contributed by atoms with Crippen molar-refractivity contribution in [3.8, 4) is 0 Å². The minimum Gasteiger partial charge on any atom is -0.326 e. The molecule has 28 heavy (non-hydrogen) atoms. The lowest BCUT2D eigenvalue weighted by molar-refractivity contribution is -0.115. The molecule has 3 aromatic carbocycles. The van der Waals surface area contributed by atoms with Gasteiger partial charge in [-0.15, -0.1) is 0 Å². The minimum absolute atomic E-state index is 0.0741. The van der Waals surface area contributed by atoms with Crippen LogP contribution in [0.2, 0.25) is 5.02 Å². The summed E-state index contributed by atoms with van der Waals surface area (Å²) in [5.41, 5.74) is 3.24. The number of amides is 2. The maximum Gasteiger partial charge on any atom is 0.255 e. The lowest BCUT2D eigenvalue weighted by atomic mass is 10.1. The highest BCUT2D eigenvalue weighted by Crippen LogP contribution is 2.20. The van der Waals surface area contributed by atoms with E-state index in [2.05, 4.69) is 10.6 Å². The first-order valence-corrected chi connectivity index (χ1v) is 9.01. The number of benzene rings is 3. The summed E-state index contributed by atoms with van der Waals surface area (Å²) < 4.78 is 13.2. The Hall–Kier alpha value is -3.18. The Morgan fingerprint density at radius 3 is 2.43 bits per heavy atom. The van der Waals surface area contributed by atoms with Crippen LogP contribution in [0.4, 0.5) is 15.8 Å². The summed E-state index contributed by atoms with van der Waals surface area (Å²) in [6.07, 6.45) is 0.247. The summed E-state index contributed by atoms with van der Waals surface area (Å²) in [5.74, 6) is -1.12. The quantitative estimate of drug-likeness (QED) is 0.621. The van der Waals surface area contributed by atoms with Gasteiger partial charge in [0.1, 0.15) is 5.82 Å². The number of anilines is 2. The van der Waals surface area contributed by atoms with E-state index in [9.17, 15) is 14.0 Å². The van der Waals surface area contributed by atoms with Crippen molar-refractivity contribution in [3.05, 3.63) is 94.3 Å². The van der Waals surface area contributed by atoms with Gasteiger partial charge in [-0.25, -0.2) is 4.39 Å². The second kappa shape index (κ2) is 8.67. The highest BCUT2D eigenvalue weighted by molar-refractivity contribution is 6.31. The molecule has 0 aliphatic heterocycles. The van der Waals surface area contributed by atoms with Crippen molar-refractivity contribution in [2.75, 3.05) is 10.6 Å². The summed E-state index contributed by atoms with van der Waals surface area (Å²) in [7, 11) is 0. The van der Waals surface area contributed by atoms with Crippen LogP contribution < -0.4 is 10.6 Å². The van der Waals surface area contributed by atoms with Crippen molar-refractivity contribution in [2.45, 2.75) is 13.3 Å². The molecule has 0 aromatic heterocycles. The third-order valence-corrected chi connectivity index (χ3v) is 4.49. The van der Waals surface area contributed by atoms with Crippen LogP contribution in [0.3, 0.4) is 0 Å². The summed E-state index contributed by atoms with van der Waals surface area (Å²) in [6.45, 7) is 1.95. The average Bonchev–Trinajstić information content (AvgIpc) is 2.67. The number of hydrogen-bond acceptors (Lipinski definition) is 2. The molecular formula is C22H18ClFN2O2. The maximum atomic E-state index is 13.2. The van der Waals surface area contributed by atoms with E-state index in [0.717, 1.165) is 11.1 Å². The van der Waals surface area contributed by atoms with Crippen LogP contribution >= 0.6 is 11.6 Å². The molecule has 142 valence electrons. The van der Waals surface area contributed by atoms with Gasteiger partial charge in [0.25, 0.3) is 5.91 Å². The second-order valence-electron chi connectivity index (χ2n) is 6.32. The monoisotopic (exact) mass is 396 g/mol. The van der Waals surface area contributed by atoms with Crippen molar-refractivity contribution >= 4 is 34.8 Å². The van der Waals surface area contributed by atoms with E-state index in [1.54, 1.807) is 24.3 Å². The van der Waals surface area contributed by atoms with Crippen LogP contribution in [0.15, 0.2) is 66.7 Å². The molecule has 0 saturated heterocycles. The van der Waals surface area contributed by atoms with Crippen molar-refractivity contribution in [3.63, 3.8) is 0 Å². The average molecular weight is 397 g/mol. The number of carbonyl (C=O) groups excluding carboxylic acids is 2. The number of halogens is 2. The molecular weight excluding hydrogens is 379 g/mol. The van der Waals surface area contributed by atoms with Crippen molar-refractivity contribution in [1.29, 1.82) is 0 Å². The molecule has 0 atom stereocenters. The third-order valence-electron chi connectivity index (χ3n) is 4.20. The van der Waals surface area contributed by atoms with Gasteiger partial charge >= 0.3 is 0 Å². The van der Waals surface area contributed by atoms with Gasteiger partial charge in [0.2, 0.25) is 5.91 Å². The van der Waals surface area contributed by atoms with Gasteiger partial charge < -0.3 is 10.6 Å². The van der Waals surface area contributed by atoms with Gasteiger partial charge in [0, 0.05) is 16.9 Å². The Balaban J connectivity index is 1.67. The molecule has 0 fully saturated rings. The smallest absolute Gasteiger partial charge is 0.255 e. The van der Waals surface area contributed by atoms with Gasteiger partial charge in [-0.2, -0.15) is 0 Å². The summed E-state index contributed by atoms with van der Waals surface area (Å²) in [6, 6.07) is 18.2. The first-order valence-electron chi connectivity index (χ1n) is 8.63. The lowest BCUT2D eigenvalue weighted by Gasteiger charge is -2.10. The predicted molar refractivity (Wildman–Crippen MR) is 109 cm³/mol. The van der Waals surface area contributed by atoms with Gasteiger partial charge in [-0.1, -0.05) is 41.9 Å². The number of nitrogens with one attached hydrogen (secondary N) is 2. The topological polar surface area (TPSA) is 58.2 Å². The number of rotatable bonds is 5. The van der Waals surface area contributed by atoms with Crippen molar-refractivity contribution in [1.82, 2.24) is 0 Å². The molecule has 0 aliphatic carbocycles. The summed E-state index contributed by atoms with van der Waals surface area (Å²) in [4.78, 5) is 24.7. The van der Waals surface area contributed by atoms with Crippen molar-refractivity contribution < 1.29 is 14.0 Å². The van der Waals surface area contributed by atoms with Gasteiger partial charge in [-0.05, 0) is 54.4 Å². The van der Waals surface area contributed by atoms with E-state index in [-0.39, 0.29) is 17.4 Å². The van der Waals surface area contributed by atoms with Crippen LogP contribution in [-0.4, -0.2) is 11.8 Å². The maximum absolute atomic E-state index is 13.2. The highest BCUT2D eigenvalue weighted by atomic mass is 35.5. The van der Waals surface area contributed by atoms with Crippen LogP contribution in [0, 0.1) is 12.7 Å². The van der Waals surface area contributed by atoms with E-state index in [0.29, 0.717) is 16.9 Å². The lowest BCUT2D eigenvalue weighted by Crippen LogP contribution is -2.16. The molecule has 0 unspecified atom stereocenters. The SMILES string of the molecule is Cc1ccccc1CC(=O)Nc1cccc(C(=O)Nc2ccc(F)c(Cl)c2)c1. The number of hydrogen-bond donors (Lipinski definition) is 2.